The summed E-state index contributed by atoms with van der Waals surface area (Å²) in [4.78, 5) is 33.8. The number of hydrogen-bond acceptors (Lipinski definition) is 4. The lowest BCUT2D eigenvalue weighted by Crippen LogP contribution is -2.40. The average Bonchev–Trinajstić information content (AvgIpc) is 1.97. The zero-order chi connectivity index (χ0) is 9.14. The molecule has 0 atom stereocenters. The molecule has 2 amide bonds. The molecule has 66 valence electrons. The van der Waals surface area contributed by atoms with Crippen LogP contribution >= 0.6 is 11.8 Å². The monoisotopic (exact) mass is 187 g/mol. The maximum Gasteiger partial charge on any atom is 0.288 e. The van der Waals surface area contributed by atoms with E-state index in [1.807, 2.05) is 0 Å². The molecule has 5 heteroatoms. The summed E-state index contributed by atoms with van der Waals surface area (Å²) in [6.07, 6.45) is 0.351. The van der Waals surface area contributed by atoms with Crippen molar-refractivity contribution in [3.8, 4) is 0 Å². The van der Waals surface area contributed by atoms with Gasteiger partial charge in [0.2, 0.25) is 5.91 Å². The number of thioether (sulfide) groups is 1. The molecule has 1 aliphatic rings. The topological polar surface area (TPSA) is 54.5 Å². The van der Waals surface area contributed by atoms with Gasteiger partial charge in [0.15, 0.2) is 0 Å². The van der Waals surface area contributed by atoms with Crippen LogP contribution in [0.2, 0.25) is 0 Å². The predicted molar refractivity (Wildman–Crippen MR) is 44.9 cm³/mol. The van der Waals surface area contributed by atoms with Crippen LogP contribution in [0, 0.1) is 0 Å². The van der Waals surface area contributed by atoms with Crippen LogP contribution in [-0.2, 0) is 9.59 Å². The van der Waals surface area contributed by atoms with Crippen LogP contribution in [0.4, 0.5) is 4.79 Å². The molecule has 0 unspecified atom stereocenters. The third-order valence-electron chi connectivity index (χ3n) is 1.44. The largest absolute Gasteiger partial charge is 0.298 e. The molecule has 0 radical (unpaired) electrons. The minimum atomic E-state index is -0.304. The zero-order valence-corrected chi connectivity index (χ0v) is 7.52. The van der Waals surface area contributed by atoms with Crippen LogP contribution in [0.1, 0.15) is 13.3 Å². The quantitative estimate of drug-likeness (QED) is 0.637. The molecule has 0 aromatic heterocycles. The first kappa shape index (κ1) is 9.25. The van der Waals surface area contributed by atoms with Gasteiger partial charge in [0.05, 0.1) is 6.54 Å². The fourth-order valence-electron chi connectivity index (χ4n) is 0.916. The van der Waals surface area contributed by atoms with E-state index in [9.17, 15) is 14.4 Å². The van der Waals surface area contributed by atoms with Gasteiger partial charge in [-0.1, -0.05) is 11.8 Å². The van der Waals surface area contributed by atoms with Gasteiger partial charge >= 0.3 is 0 Å². The van der Waals surface area contributed by atoms with Crippen LogP contribution in [0.3, 0.4) is 0 Å². The van der Waals surface area contributed by atoms with Crippen molar-refractivity contribution in [3.05, 3.63) is 0 Å². The summed E-state index contributed by atoms with van der Waals surface area (Å²) in [5.74, 6) is 0.125. The third kappa shape index (κ3) is 2.07. The first-order valence-electron chi connectivity index (χ1n) is 3.58. The van der Waals surface area contributed by atoms with Crippen molar-refractivity contribution in [1.82, 2.24) is 4.90 Å². The van der Waals surface area contributed by atoms with E-state index in [1.54, 1.807) is 0 Å². The van der Waals surface area contributed by atoms with Crippen molar-refractivity contribution in [1.29, 1.82) is 0 Å². The van der Waals surface area contributed by atoms with E-state index >= 15 is 0 Å². The summed E-state index contributed by atoms with van der Waals surface area (Å²) >= 11 is 1.09. The molecule has 1 aliphatic heterocycles. The Morgan fingerprint density at radius 3 is 2.75 bits per heavy atom. The maximum absolute atomic E-state index is 11.1. The maximum atomic E-state index is 11.1. The fourth-order valence-corrected chi connectivity index (χ4v) is 1.69. The Morgan fingerprint density at radius 1 is 1.58 bits per heavy atom. The van der Waals surface area contributed by atoms with Gasteiger partial charge in [0.1, 0.15) is 5.78 Å². The number of amides is 2. The van der Waals surface area contributed by atoms with E-state index in [0.717, 1.165) is 16.7 Å². The zero-order valence-electron chi connectivity index (χ0n) is 6.70. The highest BCUT2D eigenvalue weighted by Crippen LogP contribution is 2.17. The molecule has 0 saturated carbocycles. The first-order chi connectivity index (χ1) is 5.61. The molecule has 0 aromatic rings. The van der Waals surface area contributed by atoms with Crippen molar-refractivity contribution < 1.29 is 14.4 Å². The van der Waals surface area contributed by atoms with Gasteiger partial charge in [-0.3, -0.25) is 19.3 Å². The molecular formula is C7H9NO3S. The Hall–Kier alpha value is -0.840. The van der Waals surface area contributed by atoms with E-state index in [4.69, 9.17) is 0 Å². The second kappa shape index (κ2) is 3.71. The van der Waals surface area contributed by atoms with Crippen LogP contribution in [0.25, 0.3) is 0 Å². The number of rotatable bonds is 2. The van der Waals surface area contributed by atoms with Crippen LogP contribution in [0.5, 0.6) is 0 Å². The Bertz CT molecular complexity index is 223. The minimum Gasteiger partial charge on any atom is -0.298 e. The van der Waals surface area contributed by atoms with Crippen molar-refractivity contribution >= 4 is 28.7 Å². The van der Waals surface area contributed by atoms with Crippen molar-refractivity contribution in [2.24, 2.45) is 0 Å². The molecule has 0 aliphatic carbocycles. The average molecular weight is 187 g/mol. The van der Waals surface area contributed by atoms with Crippen LogP contribution in [-0.4, -0.2) is 34.1 Å². The molecule has 0 bridgehead atoms. The Balaban J connectivity index is 2.63. The van der Waals surface area contributed by atoms with Crippen LogP contribution in [0.15, 0.2) is 0 Å². The van der Waals surface area contributed by atoms with E-state index in [1.165, 1.54) is 6.92 Å². The molecule has 1 saturated heterocycles. The number of imide groups is 1. The number of ketones is 1. The third-order valence-corrected chi connectivity index (χ3v) is 2.32. The van der Waals surface area contributed by atoms with Gasteiger partial charge in [-0.15, -0.1) is 0 Å². The van der Waals surface area contributed by atoms with Crippen molar-refractivity contribution in [2.45, 2.75) is 13.3 Å². The Kier molecular flexibility index (Phi) is 2.86. The summed E-state index contributed by atoms with van der Waals surface area (Å²) in [7, 11) is 0. The summed E-state index contributed by atoms with van der Waals surface area (Å²) < 4.78 is 0. The highest BCUT2D eigenvalue weighted by Gasteiger charge is 2.27. The number of carbonyl (C=O) groups is 3. The van der Waals surface area contributed by atoms with Crippen LogP contribution < -0.4 is 0 Å². The second-order valence-corrected chi connectivity index (χ2v) is 3.59. The van der Waals surface area contributed by atoms with Gasteiger partial charge in [-0.05, 0) is 6.92 Å². The lowest BCUT2D eigenvalue weighted by molar-refractivity contribution is -0.131. The summed E-state index contributed by atoms with van der Waals surface area (Å²) in [5, 5.41) is -0.304. The molecule has 0 N–H and O–H groups in total. The molecule has 1 fully saturated rings. The predicted octanol–water partition coefficient (Wildman–Crippen LogP) is 0.661. The van der Waals surface area contributed by atoms with Gasteiger partial charge in [-0.25, -0.2) is 0 Å². The van der Waals surface area contributed by atoms with Gasteiger partial charge < -0.3 is 0 Å². The molecule has 4 nitrogen and oxygen atoms in total. The Labute approximate surface area is 74.3 Å². The smallest absolute Gasteiger partial charge is 0.288 e. The Morgan fingerprint density at radius 2 is 2.25 bits per heavy atom. The number of carbonyl (C=O) groups excluding carboxylic acids is 3. The first-order valence-corrected chi connectivity index (χ1v) is 4.56. The van der Waals surface area contributed by atoms with E-state index < -0.39 is 0 Å². The van der Waals surface area contributed by atoms with Crippen molar-refractivity contribution in [2.75, 3.05) is 12.3 Å². The van der Waals surface area contributed by atoms with E-state index in [2.05, 4.69) is 0 Å². The highest BCUT2D eigenvalue weighted by molar-refractivity contribution is 8.13. The summed E-state index contributed by atoms with van der Waals surface area (Å²) in [6, 6.07) is 0. The van der Waals surface area contributed by atoms with Gasteiger partial charge in [-0.2, -0.15) is 0 Å². The molecule has 1 heterocycles. The lowest BCUT2D eigenvalue weighted by atomic mass is 10.3. The summed E-state index contributed by atoms with van der Waals surface area (Å²) in [5.41, 5.74) is 0. The van der Waals surface area contributed by atoms with E-state index in [0.29, 0.717) is 12.2 Å². The minimum absolute atomic E-state index is 0.0787. The normalized spacial score (nSPS) is 18.2. The van der Waals surface area contributed by atoms with Gasteiger partial charge in [0, 0.05) is 12.2 Å². The standard InChI is InChI=1S/C7H9NO3S/c1-5(9)4-8-6(10)2-3-12-7(8)11/h2-4H2,1H3. The summed E-state index contributed by atoms with van der Waals surface area (Å²) in [6.45, 7) is 1.28. The highest BCUT2D eigenvalue weighted by atomic mass is 32.2. The number of Topliss-reactive ketones (excluding diaryl/α,β-unsaturated/α-hetero) is 1. The second-order valence-electron chi connectivity index (χ2n) is 2.55. The molecular weight excluding hydrogens is 178 g/mol. The van der Waals surface area contributed by atoms with Gasteiger partial charge in [0.25, 0.3) is 5.24 Å². The molecule has 0 aromatic carbocycles. The molecule has 1 rings (SSSR count). The van der Waals surface area contributed by atoms with Crippen molar-refractivity contribution in [3.63, 3.8) is 0 Å². The fraction of sp³-hybridized carbons (Fsp3) is 0.571. The SMILES string of the molecule is CC(=O)CN1C(=O)CCSC1=O. The number of hydrogen-bond donors (Lipinski definition) is 0. The molecule has 0 spiro atoms. The molecule has 12 heavy (non-hydrogen) atoms. The van der Waals surface area contributed by atoms with E-state index in [-0.39, 0.29) is 23.5 Å². The number of nitrogens with zero attached hydrogens (tertiary/aromatic N) is 1. The lowest BCUT2D eigenvalue weighted by Gasteiger charge is -2.22.